The Bertz CT molecular complexity index is 1590. The second-order valence-electron chi connectivity index (χ2n) is 20.5. The third-order valence-electron chi connectivity index (χ3n) is 17.4. The maximum absolute atomic E-state index is 13.1. The Morgan fingerprint density at radius 1 is 0.754 bits per heavy atom. The van der Waals surface area contributed by atoms with Gasteiger partial charge in [0, 0.05) is 5.41 Å². The predicted octanol–water partition coefficient (Wildman–Crippen LogP) is 1.95. The maximum atomic E-state index is 13.1. The zero-order valence-electron chi connectivity index (χ0n) is 34.1. The van der Waals surface area contributed by atoms with Crippen molar-refractivity contribution in [3.8, 4) is 0 Å². The molecule has 6 fully saturated rings. The lowest BCUT2D eigenvalue weighted by Gasteiger charge is -2.71. The van der Waals surface area contributed by atoms with Gasteiger partial charge in [-0.25, -0.2) is 4.79 Å². The number of allylic oxidation sites excluding steroid dienone is 2. The molecule has 0 radical (unpaired) electrons. The summed E-state index contributed by atoms with van der Waals surface area (Å²) >= 11 is 0. The Balaban J connectivity index is 1.17. The Morgan fingerprint density at radius 2 is 1.44 bits per heavy atom. The number of aliphatic carboxylic acids is 2. The highest BCUT2D eigenvalue weighted by atomic mass is 16.8. The molecule has 0 spiro atoms. The van der Waals surface area contributed by atoms with Gasteiger partial charge in [0.1, 0.15) is 42.7 Å². The van der Waals surface area contributed by atoms with Crippen LogP contribution < -0.4 is 0 Å². The first-order valence-electron chi connectivity index (χ1n) is 21.0. The van der Waals surface area contributed by atoms with Crippen molar-refractivity contribution in [1.82, 2.24) is 0 Å². The highest BCUT2D eigenvalue weighted by Gasteiger charge is 2.70. The molecule has 324 valence electrons. The number of aliphatic hydroxyl groups is 7. The van der Waals surface area contributed by atoms with Crippen LogP contribution in [0.2, 0.25) is 0 Å². The number of aliphatic hydroxyl groups excluding tert-OH is 7. The Labute approximate surface area is 334 Å². The molecular formula is C42H66O15. The fourth-order valence-corrected chi connectivity index (χ4v) is 13.6. The van der Waals surface area contributed by atoms with E-state index in [0.29, 0.717) is 25.7 Å². The summed E-state index contributed by atoms with van der Waals surface area (Å²) in [6.45, 7) is 12.7. The molecule has 2 heterocycles. The van der Waals surface area contributed by atoms with Crippen molar-refractivity contribution in [3.05, 3.63) is 11.6 Å². The molecule has 15 nitrogen and oxygen atoms in total. The molecule has 0 aromatic rings. The first-order chi connectivity index (χ1) is 26.5. The van der Waals surface area contributed by atoms with Gasteiger partial charge in [-0.2, -0.15) is 0 Å². The number of hydrogen-bond donors (Lipinski definition) is 9. The summed E-state index contributed by atoms with van der Waals surface area (Å²) in [5.41, 5.74) is -0.792. The van der Waals surface area contributed by atoms with Gasteiger partial charge in [0.05, 0.1) is 24.7 Å². The second-order valence-corrected chi connectivity index (χ2v) is 20.5. The standard InChI is InChI=1S/C42H66O15/c1-37(2)13-15-42(36(52)53)16-14-40(5)20(21(42)17-37)7-8-24-38(3)11-10-25(39(4,19-44)23(38)9-12-41(24,40)6)55-35-32(28(47)26(45)22(18-43)54-35)57-34-30(49)27(46)29(48)31(56-34)33(50)51/h7,21-32,34-35,43-49H,8-19H2,1-6H3,(H,50,51)(H,52,53)/t21-,22+,23?,24+,25-,26+,27-,28-,29-,30+,31-,32+,34-,35-,38-,39-,40+,41+,42-/m0/s1. The molecule has 15 heteroatoms. The summed E-state index contributed by atoms with van der Waals surface area (Å²) in [5, 5.41) is 95.2. The molecule has 19 atom stereocenters. The van der Waals surface area contributed by atoms with Gasteiger partial charge < -0.3 is 64.9 Å². The highest BCUT2D eigenvalue weighted by Crippen LogP contribution is 2.76. The van der Waals surface area contributed by atoms with Crippen LogP contribution >= 0.6 is 0 Å². The van der Waals surface area contributed by atoms with E-state index in [0.717, 1.165) is 38.5 Å². The van der Waals surface area contributed by atoms with Crippen LogP contribution in [-0.4, -0.2) is 139 Å². The normalized spacial score (nSPS) is 53.3. The Kier molecular flexibility index (Phi) is 11.2. The minimum atomic E-state index is -1.98. The van der Waals surface area contributed by atoms with Crippen LogP contribution in [0.15, 0.2) is 11.6 Å². The molecular weight excluding hydrogens is 744 g/mol. The largest absolute Gasteiger partial charge is 0.481 e. The zero-order chi connectivity index (χ0) is 41.8. The minimum absolute atomic E-state index is 0.0154. The van der Waals surface area contributed by atoms with Crippen LogP contribution in [0.1, 0.15) is 106 Å². The average Bonchev–Trinajstić information content (AvgIpc) is 3.15. The molecule has 0 aromatic heterocycles. The summed E-state index contributed by atoms with van der Waals surface area (Å²) in [7, 11) is 0. The van der Waals surface area contributed by atoms with Crippen LogP contribution in [0, 0.1) is 50.2 Å². The molecule has 0 aromatic carbocycles. The first kappa shape index (κ1) is 43.3. The van der Waals surface area contributed by atoms with E-state index < -0.39 is 96.9 Å². The summed E-state index contributed by atoms with van der Waals surface area (Å²) < 4.78 is 23.8. The van der Waals surface area contributed by atoms with Gasteiger partial charge in [-0.3, -0.25) is 4.79 Å². The van der Waals surface area contributed by atoms with Crippen molar-refractivity contribution in [3.63, 3.8) is 0 Å². The lowest BCUT2D eigenvalue weighted by atomic mass is 9.33. The molecule has 1 unspecified atom stereocenters. The fraction of sp³-hybridized carbons (Fsp3) is 0.905. The van der Waals surface area contributed by atoms with Crippen molar-refractivity contribution < 1.29 is 74.5 Å². The quantitative estimate of drug-likeness (QED) is 0.126. The minimum Gasteiger partial charge on any atom is -0.481 e. The van der Waals surface area contributed by atoms with Crippen LogP contribution in [0.3, 0.4) is 0 Å². The highest BCUT2D eigenvalue weighted by molar-refractivity contribution is 5.76. The molecule has 2 saturated heterocycles. The van der Waals surface area contributed by atoms with Gasteiger partial charge >= 0.3 is 11.9 Å². The number of carboxylic acids is 2. The van der Waals surface area contributed by atoms with Crippen LogP contribution in [0.5, 0.6) is 0 Å². The number of rotatable bonds is 8. The summed E-state index contributed by atoms with van der Waals surface area (Å²) in [5.74, 6) is -2.12. The summed E-state index contributed by atoms with van der Waals surface area (Å²) in [6.07, 6.45) is -8.45. The molecule has 7 aliphatic rings. The average molecular weight is 811 g/mol. The third-order valence-corrected chi connectivity index (χ3v) is 17.4. The molecule has 0 amide bonds. The number of carboxylic acid groups (broad SMARTS) is 2. The Morgan fingerprint density at radius 3 is 2.07 bits per heavy atom. The topological polar surface area (TPSA) is 253 Å². The van der Waals surface area contributed by atoms with Crippen molar-refractivity contribution in [2.45, 2.75) is 173 Å². The SMILES string of the molecule is CC1(C)CC[C@]2(C(=O)O)CC[C@]3(C)C(=CC[C@@H]4[C@@]5(C)CC[C@H](O[C@@H]6O[C@H](CO)[C@@H](O)[C@H](O)[C@H]6O[C@@H]6O[C@H](C(=O)O)[C@@H](O)[C@H](O)[C@H]6O)[C@@](C)(CO)C5CC[C@]43C)[C@@H]2C1. The van der Waals surface area contributed by atoms with Crippen molar-refractivity contribution >= 4 is 11.9 Å². The molecule has 9 N–H and O–H groups in total. The van der Waals surface area contributed by atoms with E-state index >= 15 is 0 Å². The zero-order valence-corrected chi connectivity index (χ0v) is 34.1. The van der Waals surface area contributed by atoms with E-state index in [-0.39, 0.29) is 46.0 Å². The number of carbonyl (C=O) groups is 2. The van der Waals surface area contributed by atoms with Crippen LogP contribution in [0.4, 0.5) is 0 Å². The number of fused-ring (bicyclic) bond motifs is 7. The Hall–Kier alpha value is -1.76. The van der Waals surface area contributed by atoms with E-state index in [9.17, 15) is 55.5 Å². The van der Waals surface area contributed by atoms with Gasteiger partial charge in [-0.1, -0.05) is 53.2 Å². The molecule has 0 bridgehead atoms. The summed E-state index contributed by atoms with van der Waals surface area (Å²) in [4.78, 5) is 24.9. The molecule has 57 heavy (non-hydrogen) atoms. The molecule has 7 rings (SSSR count). The molecule has 2 aliphatic heterocycles. The van der Waals surface area contributed by atoms with E-state index in [1.165, 1.54) is 5.57 Å². The van der Waals surface area contributed by atoms with E-state index in [2.05, 4.69) is 40.7 Å². The van der Waals surface area contributed by atoms with Crippen LogP contribution in [0.25, 0.3) is 0 Å². The monoisotopic (exact) mass is 810 g/mol. The first-order valence-corrected chi connectivity index (χ1v) is 21.0. The van der Waals surface area contributed by atoms with Gasteiger partial charge in [0.15, 0.2) is 18.7 Å². The van der Waals surface area contributed by atoms with Gasteiger partial charge in [-0.15, -0.1) is 0 Å². The smallest absolute Gasteiger partial charge is 0.335 e. The van der Waals surface area contributed by atoms with Gasteiger partial charge in [-0.05, 0) is 104 Å². The molecule has 4 saturated carbocycles. The predicted molar refractivity (Wildman–Crippen MR) is 200 cm³/mol. The van der Waals surface area contributed by atoms with E-state index in [4.69, 9.17) is 18.9 Å². The number of hydrogen-bond acceptors (Lipinski definition) is 13. The summed E-state index contributed by atoms with van der Waals surface area (Å²) in [6, 6.07) is 0. The lowest BCUT2D eigenvalue weighted by Crippen LogP contribution is -2.67. The van der Waals surface area contributed by atoms with Crippen molar-refractivity contribution in [1.29, 1.82) is 0 Å². The van der Waals surface area contributed by atoms with Crippen LogP contribution in [-0.2, 0) is 28.5 Å². The number of ether oxygens (including phenoxy) is 4. The fourth-order valence-electron chi connectivity index (χ4n) is 13.6. The molecule has 5 aliphatic carbocycles. The van der Waals surface area contributed by atoms with Gasteiger partial charge in [0.2, 0.25) is 0 Å². The van der Waals surface area contributed by atoms with E-state index in [1.54, 1.807) is 0 Å². The second kappa shape index (κ2) is 14.7. The van der Waals surface area contributed by atoms with E-state index in [1.807, 2.05) is 6.92 Å². The van der Waals surface area contributed by atoms with Gasteiger partial charge in [0.25, 0.3) is 0 Å². The lowest BCUT2D eigenvalue weighted by molar-refractivity contribution is -0.376. The maximum Gasteiger partial charge on any atom is 0.335 e. The van der Waals surface area contributed by atoms with Crippen molar-refractivity contribution in [2.75, 3.05) is 13.2 Å². The third kappa shape index (κ3) is 6.39. The van der Waals surface area contributed by atoms with Crippen molar-refractivity contribution in [2.24, 2.45) is 50.2 Å².